The number of aliphatic hydroxyl groups is 1. The molecule has 1 aromatic carbocycles. The fraction of sp³-hybridized carbons (Fsp3) is 0.417. The first-order valence-corrected chi connectivity index (χ1v) is 5.88. The van der Waals surface area contributed by atoms with Gasteiger partial charge in [0.1, 0.15) is 17.1 Å². The lowest BCUT2D eigenvalue weighted by Crippen LogP contribution is -2.34. The number of carboxylic acid groups (broad SMARTS) is 1. The number of anilines is 1. The van der Waals surface area contributed by atoms with Gasteiger partial charge in [-0.15, -0.1) is 0 Å². The normalized spacial score (nSPS) is 10.7. The molecule has 0 aromatic heterocycles. The molecular formula is C12H15FN2O5. The second-order valence-electron chi connectivity index (χ2n) is 4.39. The van der Waals surface area contributed by atoms with Crippen LogP contribution in [0.1, 0.15) is 24.2 Å². The fourth-order valence-electron chi connectivity index (χ4n) is 1.86. The molecule has 0 bridgehead atoms. The molecule has 1 rings (SSSR count). The number of halogens is 1. The minimum Gasteiger partial charge on any atom is -0.478 e. The van der Waals surface area contributed by atoms with E-state index in [9.17, 15) is 19.3 Å². The molecule has 0 aliphatic carbocycles. The van der Waals surface area contributed by atoms with E-state index in [1.807, 2.05) is 0 Å². The zero-order valence-electron chi connectivity index (χ0n) is 11.0. The van der Waals surface area contributed by atoms with Gasteiger partial charge in [-0.3, -0.25) is 10.1 Å². The molecule has 2 N–H and O–H groups in total. The molecule has 110 valence electrons. The van der Waals surface area contributed by atoms with Crippen LogP contribution < -0.4 is 4.90 Å². The maximum absolute atomic E-state index is 13.7. The number of nitro benzene ring substituents is 1. The van der Waals surface area contributed by atoms with E-state index in [-0.39, 0.29) is 24.9 Å². The summed E-state index contributed by atoms with van der Waals surface area (Å²) in [7, 11) is 0. The molecule has 1 aromatic rings. The molecule has 0 radical (unpaired) electrons. The van der Waals surface area contributed by atoms with Crippen LogP contribution in [0.4, 0.5) is 15.8 Å². The van der Waals surface area contributed by atoms with E-state index >= 15 is 0 Å². The van der Waals surface area contributed by atoms with Gasteiger partial charge in [0.2, 0.25) is 0 Å². The third-order valence-electron chi connectivity index (χ3n) is 2.77. The van der Waals surface area contributed by atoms with Gasteiger partial charge in [0, 0.05) is 24.7 Å². The highest BCUT2D eigenvalue weighted by Crippen LogP contribution is 2.32. The van der Waals surface area contributed by atoms with E-state index in [2.05, 4.69) is 0 Å². The lowest BCUT2D eigenvalue weighted by Gasteiger charge is -2.28. The molecule has 0 heterocycles. The van der Waals surface area contributed by atoms with Crippen LogP contribution in [-0.4, -0.2) is 40.3 Å². The second kappa shape index (κ2) is 6.29. The Kier molecular flexibility index (Phi) is 4.98. The highest BCUT2D eigenvalue weighted by Gasteiger charge is 2.26. The quantitative estimate of drug-likeness (QED) is 0.608. The van der Waals surface area contributed by atoms with Crippen molar-refractivity contribution in [2.45, 2.75) is 19.9 Å². The summed E-state index contributed by atoms with van der Waals surface area (Å²) in [6.45, 7) is 3.26. The van der Waals surface area contributed by atoms with Crippen molar-refractivity contribution >= 4 is 17.3 Å². The van der Waals surface area contributed by atoms with Crippen LogP contribution in [0.25, 0.3) is 0 Å². The van der Waals surface area contributed by atoms with Crippen LogP contribution in [0.3, 0.4) is 0 Å². The van der Waals surface area contributed by atoms with Crippen molar-refractivity contribution in [3.05, 3.63) is 33.6 Å². The first kappa shape index (κ1) is 15.8. The van der Waals surface area contributed by atoms with E-state index in [1.165, 1.54) is 4.90 Å². The predicted octanol–water partition coefficient (Wildman–Crippen LogP) is 1.64. The molecule has 0 aliphatic rings. The third kappa shape index (κ3) is 3.21. The predicted molar refractivity (Wildman–Crippen MR) is 69.6 cm³/mol. The number of nitro groups is 1. The molecule has 0 amide bonds. The van der Waals surface area contributed by atoms with Gasteiger partial charge in [-0.25, -0.2) is 9.18 Å². The van der Waals surface area contributed by atoms with Crippen molar-refractivity contribution in [3.63, 3.8) is 0 Å². The van der Waals surface area contributed by atoms with Gasteiger partial charge in [-0.1, -0.05) is 0 Å². The Hall–Kier alpha value is -2.22. The van der Waals surface area contributed by atoms with Crippen molar-refractivity contribution in [1.29, 1.82) is 0 Å². The number of aliphatic hydroxyl groups excluding tert-OH is 1. The zero-order valence-corrected chi connectivity index (χ0v) is 11.0. The van der Waals surface area contributed by atoms with E-state index in [4.69, 9.17) is 10.2 Å². The summed E-state index contributed by atoms with van der Waals surface area (Å²) in [5.74, 6) is -2.63. The molecule has 20 heavy (non-hydrogen) atoms. The molecule has 0 aliphatic heterocycles. The van der Waals surface area contributed by atoms with E-state index in [0.717, 1.165) is 6.07 Å². The second-order valence-corrected chi connectivity index (χ2v) is 4.39. The number of rotatable bonds is 6. The van der Waals surface area contributed by atoms with Crippen LogP contribution in [0.15, 0.2) is 12.1 Å². The average molecular weight is 286 g/mol. The highest BCUT2D eigenvalue weighted by atomic mass is 19.1. The van der Waals surface area contributed by atoms with Crippen LogP contribution in [0.5, 0.6) is 0 Å². The van der Waals surface area contributed by atoms with Crippen molar-refractivity contribution in [3.8, 4) is 0 Å². The van der Waals surface area contributed by atoms with E-state index < -0.39 is 28.0 Å². The Balaban J connectivity index is 3.48. The van der Waals surface area contributed by atoms with Crippen molar-refractivity contribution in [2.24, 2.45) is 0 Å². The van der Waals surface area contributed by atoms with Gasteiger partial charge in [0.25, 0.3) is 5.69 Å². The molecular weight excluding hydrogens is 271 g/mol. The lowest BCUT2D eigenvalue weighted by molar-refractivity contribution is -0.384. The summed E-state index contributed by atoms with van der Waals surface area (Å²) < 4.78 is 13.7. The SMILES string of the molecule is CC(C)N(CCO)c1cc(F)c(C(=O)O)cc1[N+](=O)[O-]. The molecule has 7 nitrogen and oxygen atoms in total. The summed E-state index contributed by atoms with van der Waals surface area (Å²) in [6, 6.07) is 1.28. The molecule has 0 spiro atoms. The van der Waals surface area contributed by atoms with Crippen LogP contribution in [-0.2, 0) is 0 Å². The number of carbonyl (C=O) groups is 1. The van der Waals surface area contributed by atoms with Gasteiger partial charge >= 0.3 is 5.97 Å². The molecule has 0 saturated carbocycles. The Bertz CT molecular complexity index is 533. The van der Waals surface area contributed by atoms with E-state index in [0.29, 0.717) is 6.07 Å². The minimum absolute atomic E-state index is 0.0541. The average Bonchev–Trinajstić information content (AvgIpc) is 2.34. The van der Waals surface area contributed by atoms with Crippen molar-refractivity contribution < 1.29 is 24.3 Å². The van der Waals surface area contributed by atoms with Crippen LogP contribution >= 0.6 is 0 Å². The number of aromatic carboxylic acids is 1. The Morgan fingerprint density at radius 1 is 1.50 bits per heavy atom. The third-order valence-corrected chi connectivity index (χ3v) is 2.77. The van der Waals surface area contributed by atoms with Gasteiger partial charge in [0.15, 0.2) is 0 Å². The number of carboxylic acids is 1. The maximum Gasteiger partial charge on any atom is 0.338 e. The first-order chi connectivity index (χ1) is 9.29. The van der Waals surface area contributed by atoms with Crippen LogP contribution in [0, 0.1) is 15.9 Å². The topological polar surface area (TPSA) is 104 Å². The fourth-order valence-corrected chi connectivity index (χ4v) is 1.86. The number of hydrogen-bond donors (Lipinski definition) is 2. The minimum atomic E-state index is -1.57. The summed E-state index contributed by atoms with van der Waals surface area (Å²) in [4.78, 5) is 22.5. The van der Waals surface area contributed by atoms with Gasteiger partial charge in [0.05, 0.1) is 11.5 Å². The summed E-state index contributed by atoms with van der Waals surface area (Å²) in [5.41, 5.74) is -1.32. The highest BCUT2D eigenvalue weighted by molar-refractivity contribution is 5.90. The summed E-state index contributed by atoms with van der Waals surface area (Å²) >= 11 is 0. The van der Waals surface area contributed by atoms with Gasteiger partial charge in [-0.2, -0.15) is 0 Å². The van der Waals surface area contributed by atoms with Gasteiger partial charge in [-0.05, 0) is 13.8 Å². The number of hydrogen-bond acceptors (Lipinski definition) is 5. The van der Waals surface area contributed by atoms with E-state index in [1.54, 1.807) is 13.8 Å². The molecule has 0 fully saturated rings. The van der Waals surface area contributed by atoms with Gasteiger partial charge < -0.3 is 15.1 Å². The standard InChI is InChI=1S/C12H15FN2O5/c1-7(2)14(3-4-16)10-6-9(13)8(12(17)18)5-11(10)15(19)20/h5-7,16H,3-4H2,1-2H3,(H,17,18). The maximum atomic E-state index is 13.7. The molecule has 8 heteroatoms. The molecule has 0 unspecified atom stereocenters. The Morgan fingerprint density at radius 3 is 2.50 bits per heavy atom. The van der Waals surface area contributed by atoms with Crippen LogP contribution in [0.2, 0.25) is 0 Å². The summed E-state index contributed by atoms with van der Waals surface area (Å²) in [6.07, 6.45) is 0. The smallest absolute Gasteiger partial charge is 0.338 e. The Morgan fingerprint density at radius 2 is 2.10 bits per heavy atom. The lowest BCUT2D eigenvalue weighted by atomic mass is 10.1. The largest absolute Gasteiger partial charge is 0.478 e. The first-order valence-electron chi connectivity index (χ1n) is 5.88. The molecule has 0 saturated heterocycles. The number of nitrogens with zero attached hydrogens (tertiary/aromatic N) is 2. The Labute approximate surface area is 114 Å². The monoisotopic (exact) mass is 286 g/mol. The number of benzene rings is 1. The molecule has 0 atom stereocenters. The zero-order chi connectivity index (χ0) is 15.4. The van der Waals surface area contributed by atoms with Crippen molar-refractivity contribution in [2.75, 3.05) is 18.1 Å². The van der Waals surface area contributed by atoms with Crippen molar-refractivity contribution in [1.82, 2.24) is 0 Å². The summed E-state index contributed by atoms with van der Waals surface area (Å²) in [5, 5.41) is 28.8.